The zero-order valence-electron chi connectivity index (χ0n) is 13.2. The van der Waals surface area contributed by atoms with E-state index in [0.29, 0.717) is 5.11 Å². The van der Waals surface area contributed by atoms with E-state index in [1.165, 1.54) is 25.7 Å². The van der Waals surface area contributed by atoms with Crippen LogP contribution >= 0.6 is 12.2 Å². The minimum Gasteiger partial charge on any atom is -0.369 e. The summed E-state index contributed by atoms with van der Waals surface area (Å²) in [6.45, 7) is 3.91. The van der Waals surface area contributed by atoms with E-state index < -0.39 is 5.72 Å². The van der Waals surface area contributed by atoms with E-state index in [-0.39, 0.29) is 11.5 Å². The van der Waals surface area contributed by atoms with E-state index in [1.54, 1.807) is 5.01 Å². The number of nitrogens with one attached hydrogen (secondary N) is 1. The molecule has 118 valence electrons. The molecule has 0 radical (unpaired) electrons. The number of rotatable bonds is 1. The first-order chi connectivity index (χ1) is 9.98. The van der Waals surface area contributed by atoms with Crippen molar-refractivity contribution >= 4 is 23.0 Å². The van der Waals surface area contributed by atoms with E-state index in [2.05, 4.69) is 10.4 Å². The van der Waals surface area contributed by atoms with Gasteiger partial charge in [0.25, 0.3) is 0 Å². The summed E-state index contributed by atoms with van der Waals surface area (Å²) in [7, 11) is 0. The quantitative estimate of drug-likeness (QED) is 0.577. The Bertz CT molecular complexity index is 454. The molecule has 2 N–H and O–H groups in total. The van der Waals surface area contributed by atoms with Crippen LogP contribution in [-0.2, 0) is 0 Å². The van der Waals surface area contributed by atoms with E-state index in [1.807, 2.05) is 13.8 Å². The lowest BCUT2D eigenvalue weighted by Crippen LogP contribution is -2.74. The SMILES string of the molecule is CC(C)=NN1C(=S)NC2(CCCCC2)[C@@H]2CCCC[C@]21O. The second-order valence-corrected chi connectivity index (χ2v) is 7.57. The second kappa shape index (κ2) is 5.51. The molecule has 2 saturated carbocycles. The maximum absolute atomic E-state index is 11.5. The minimum absolute atomic E-state index is 0.00182. The van der Waals surface area contributed by atoms with Crippen LogP contribution in [0.5, 0.6) is 0 Å². The summed E-state index contributed by atoms with van der Waals surface area (Å²) in [6.07, 6.45) is 10.1. The van der Waals surface area contributed by atoms with Crippen LogP contribution in [0.15, 0.2) is 5.10 Å². The molecule has 0 aromatic carbocycles. The standard InChI is InChI=1S/C16H27N3OS/c1-12(2)18-19-14(21)17-15(9-5-3-6-10-15)13-8-4-7-11-16(13,19)20/h13,20H,3-11H2,1-2H3,(H,17,21)/t13-,16-/m0/s1. The van der Waals surface area contributed by atoms with Gasteiger partial charge in [-0.15, -0.1) is 0 Å². The van der Waals surface area contributed by atoms with Crippen molar-refractivity contribution in [2.45, 2.75) is 82.9 Å². The average Bonchev–Trinajstić information content (AvgIpc) is 2.44. The molecule has 0 bridgehead atoms. The van der Waals surface area contributed by atoms with Crippen molar-refractivity contribution in [3.05, 3.63) is 0 Å². The Kier molecular flexibility index (Phi) is 3.99. The molecule has 0 unspecified atom stereocenters. The molecule has 1 aliphatic heterocycles. The first-order valence-corrected chi connectivity index (χ1v) is 8.75. The summed E-state index contributed by atoms with van der Waals surface area (Å²) < 4.78 is 0. The summed E-state index contributed by atoms with van der Waals surface area (Å²) in [6, 6.07) is 0. The molecule has 5 heteroatoms. The highest BCUT2D eigenvalue weighted by Gasteiger charge is 2.59. The van der Waals surface area contributed by atoms with Gasteiger partial charge in [0.1, 0.15) is 0 Å². The molecule has 4 nitrogen and oxygen atoms in total. The van der Waals surface area contributed by atoms with Crippen molar-refractivity contribution in [1.82, 2.24) is 10.3 Å². The third-order valence-electron chi connectivity index (χ3n) is 5.47. The van der Waals surface area contributed by atoms with Crippen molar-refractivity contribution in [2.75, 3.05) is 0 Å². The summed E-state index contributed by atoms with van der Waals surface area (Å²) in [4.78, 5) is 0. The number of fused-ring (bicyclic) bond motifs is 2. The molecule has 0 amide bonds. The summed E-state index contributed by atoms with van der Waals surface area (Å²) >= 11 is 5.59. The van der Waals surface area contributed by atoms with Gasteiger partial charge in [-0.2, -0.15) is 5.10 Å². The molecule has 1 saturated heterocycles. The lowest BCUT2D eigenvalue weighted by molar-refractivity contribution is -0.181. The first-order valence-electron chi connectivity index (χ1n) is 8.34. The topological polar surface area (TPSA) is 47.9 Å². The Labute approximate surface area is 133 Å². The highest BCUT2D eigenvalue weighted by molar-refractivity contribution is 7.80. The molecule has 2 aliphatic carbocycles. The lowest BCUT2D eigenvalue weighted by atomic mass is 9.62. The third kappa shape index (κ3) is 2.48. The van der Waals surface area contributed by atoms with Gasteiger partial charge in [-0.05, 0) is 58.2 Å². The van der Waals surface area contributed by atoms with E-state index in [4.69, 9.17) is 12.2 Å². The highest BCUT2D eigenvalue weighted by Crippen LogP contribution is 2.50. The zero-order chi connectivity index (χ0) is 15.1. The van der Waals surface area contributed by atoms with Gasteiger partial charge in [0.05, 0.1) is 0 Å². The molecule has 2 atom stereocenters. The van der Waals surface area contributed by atoms with Crippen LogP contribution < -0.4 is 5.32 Å². The fourth-order valence-corrected chi connectivity index (χ4v) is 5.03. The predicted molar refractivity (Wildman–Crippen MR) is 89.1 cm³/mol. The molecule has 1 heterocycles. The molecular weight excluding hydrogens is 282 g/mol. The van der Waals surface area contributed by atoms with Gasteiger partial charge in [-0.25, -0.2) is 5.01 Å². The van der Waals surface area contributed by atoms with Crippen molar-refractivity contribution in [3.8, 4) is 0 Å². The Morgan fingerprint density at radius 3 is 2.52 bits per heavy atom. The molecule has 3 rings (SSSR count). The van der Waals surface area contributed by atoms with Crippen molar-refractivity contribution < 1.29 is 5.11 Å². The summed E-state index contributed by atoms with van der Waals surface area (Å²) in [5.74, 6) is 0.230. The Hall–Kier alpha value is -0.680. The van der Waals surface area contributed by atoms with Crippen LogP contribution in [0.1, 0.15) is 71.6 Å². The molecular formula is C16H27N3OS. The fourth-order valence-electron chi connectivity index (χ4n) is 4.63. The molecule has 0 aromatic rings. The van der Waals surface area contributed by atoms with Crippen LogP contribution in [0.25, 0.3) is 0 Å². The van der Waals surface area contributed by atoms with E-state index >= 15 is 0 Å². The Morgan fingerprint density at radius 2 is 1.86 bits per heavy atom. The number of hydrogen-bond donors (Lipinski definition) is 2. The normalized spacial score (nSPS) is 35.1. The van der Waals surface area contributed by atoms with Crippen LogP contribution in [0.2, 0.25) is 0 Å². The van der Waals surface area contributed by atoms with Gasteiger partial charge < -0.3 is 10.4 Å². The summed E-state index contributed by atoms with van der Waals surface area (Å²) in [5, 5.41) is 21.9. The van der Waals surface area contributed by atoms with Gasteiger partial charge >= 0.3 is 0 Å². The molecule has 1 spiro atoms. The van der Waals surface area contributed by atoms with Crippen molar-refractivity contribution in [3.63, 3.8) is 0 Å². The van der Waals surface area contributed by atoms with Crippen LogP contribution in [0.4, 0.5) is 0 Å². The number of aliphatic hydroxyl groups is 1. The molecule has 3 aliphatic rings. The van der Waals surface area contributed by atoms with Crippen LogP contribution in [0.3, 0.4) is 0 Å². The largest absolute Gasteiger partial charge is 0.369 e. The number of nitrogens with zero attached hydrogens (tertiary/aromatic N) is 2. The number of hydrazone groups is 1. The fraction of sp³-hybridized carbons (Fsp3) is 0.875. The first kappa shape index (κ1) is 15.2. The maximum atomic E-state index is 11.5. The van der Waals surface area contributed by atoms with Gasteiger partial charge in [0.15, 0.2) is 10.8 Å². The van der Waals surface area contributed by atoms with Crippen LogP contribution in [-0.4, -0.2) is 32.2 Å². The van der Waals surface area contributed by atoms with E-state index in [9.17, 15) is 5.11 Å². The van der Waals surface area contributed by atoms with Crippen LogP contribution in [0, 0.1) is 5.92 Å². The third-order valence-corrected chi connectivity index (χ3v) is 5.75. The monoisotopic (exact) mass is 309 g/mol. The highest BCUT2D eigenvalue weighted by atomic mass is 32.1. The minimum atomic E-state index is -0.894. The molecule has 21 heavy (non-hydrogen) atoms. The van der Waals surface area contributed by atoms with Gasteiger partial charge in [0, 0.05) is 17.2 Å². The lowest BCUT2D eigenvalue weighted by Gasteiger charge is -2.59. The zero-order valence-corrected chi connectivity index (χ0v) is 14.0. The summed E-state index contributed by atoms with van der Waals surface area (Å²) in [5.41, 5.74) is 0.0318. The van der Waals surface area contributed by atoms with Crippen molar-refractivity contribution in [1.29, 1.82) is 0 Å². The number of hydrogen-bond acceptors (Lipinski definition) is 3. The molecule has 3 fully saturated rings. The van der Waals surface area contributed by atoms with Gasteiger partial charge in [0.2, 0.25) is 0 Å². The Morgan fingerprint density at radius 1 is 1.19 bits per heavy atom. The van der Waals surface area contributed by atoms with E-state index in [0.717, 1.165) is 37.8 Å². The van der Waals surface area contributed by atoms with Crippen molar-refractivity contribution in [2.24, 2.45) is 11.0 Å². The second-order valence-electron chi connectivity index (χ2n) is 7.18. The average molecular weight is 309 g/mol. The van der Waals surface area contributed by atoms with Gasteiger partial charge in [-0.3, -0.25) is 0 Å². The maximum Gasteiger partial charge on any atom is 0.192 e. The molecule has 0 aromatic heterocycles. The number of thiocarbonyl (C=S) groups is 1. The smallest absolute Gasteiger partial charge is 0.192 e. The van der Waals surface area contributed by atoms with Gasteiger partial charge in [-0.1, -0.05) is 25.7 Å². The predicted octanol–water partition coefficient (Wildman–Crippen LogP) is 3.15. The Balaban J connectivity index is 2.00.